The van der Waals surface area contributed by atoms with Crippen LogP contribution in [0.25, 0.3) is 0 Å². The van der Waals surface area contributed by atoms with E-state index in [2.05, 4.69) is 5.32 Å². The van der Waals surface area contributed by atoms with Crippen LogP contribution in [-0.2, 0) is 14.6 Å². The minimum atomic E-state index is -3.05. The van der Waals surface area contributed by atoms with Gasteiger partial charge in [0.2, 0.25) is 0 Å². The maximum Gasteiger partial charge on any atom is 0.325 e. The van der Waals surface area contributed by atoms with E-state index in [1.807, 2.05) is 11.5 Å². The largest absolute Gasteiger partial charge is 0.344 e. The number of hydrogen-bond acceptors (Lipinski definition) is 5. The number of imide groups is 1. The Balaban J connectivity index is 1.55. The molecule has 0 aromatic carbocycles. The van der Waals surface area contributed by atoms with E-state index in [4.69, 9.17) is 0 Å². The Hall–Kier alpha value is -2.16. The van der Waals surface area contributed by atoms with Gasteiger partial charge in [-0.2, -0.15) is 0 Å². The number of nitrogens with one attached hydrogen (secondary N) is 1. The van der Waals surface area contributed by atoms with Gasteiger partial charge in [-0.15, -0.1) is 0 Å². The van der Waals surface area contributed by atoms with Crippen molar-refractivity contribution >= 4 is 27.6 Å². The highest BCUT2D eigenvalue weighted by Crippen LogP contribution is 2.42. The van der Waals surface area contributed by atoms with Crippen LogP contribution in [0.4, 0.5) is 4.79 Å². The SMILES string of the molecule is Cc1cc(C(=O)CN2C(=O)N[C@@](C)(C3CC3)C2=O)c(C)n1[C@H]1CCS(=O)(=O)C1. The number of carbonyl (C=O) groups excluding carboxylic acids is 3. The number of Topliss-reactive ketones (excluding diaryl/α,β-unsaturated/α-hetero) is 1. The predicted molar refractivity (Wildman–Crippen MR) is 102 cm³/mol. The summed E-state index contributed by atoms with van der Waals surface area (Å²) in [5.41, 5.74) is 1.01. The van der Waals surface area contributed by atoms with Crippen LogP contribution < -0.4 is 5.32 Å². The van der Waals surface area contributed by atoms with Crippen molar-refractivity contribution < 1.29 is 22.8 Å². The fourth-order valence-corrected chi connectivity index (χ4v) is 6.33. The topological polar surface area (TPSA) is 106 Å². The summed E-state index contributed by atoms with van der Waals surface area (Å²) >= 11 is 0. The molecule has 3 heterocycles. The Morgan fingerprint density at radius 2 is 1.93 bits per heavy atom. The lowest BCUT2D eigenvalue weighted by atomic mass is 9.96. The lowest BCUT2D eigenvalue weighted by Gasteiger charge is -2.20. The minimum Gasteiger partial charge on any atom is -0.344 e. The Kier molecular flexibility index (Phi) is 4.22. The summed E-state index contributed by atoms with van der Waals surface area (Å²) < 4.78 is 25.6. The van der Waals surface area contributed by atoms with Gasteiger partial charge in [0.15, 0.2) is 15.6 Å². The van der Waals surface area contributed by atoms with Crippen LogP contribution in [0.5, 0.6) is 0 Å². The molecule has 8 nitrogen and oxygen atoms in total. The Morgan fingerprint density at radius 1 is 1.25 bits per heavy atom. The van der Waals surface area contributed by atoms with E-state index in [1.54, 1.807) is 19.9 Å². The fraction of sp³-hybridized carbons (Fsp3) is 0.632. The molecule has 0 unspecified atom stereocenters. The van der Waals surface area contributed by atoms with E-state index in [-0.39, 0.29) is 41.7 Å². The van der Waals surface area contributed by atoms with Crippen LogP contribution in [-0.4, -0.2) is 59.2 Å². The molecule has 0 bridgehead atoms. The number of carbonyl (C=O) groups is 3. The molecule has 3 amide bonds. The van der Waals surface area contributed by atoms with Gasteiger partial charge in [0.25, 0.3) is 5.91 Å². The highest BCUT2D eigenvalue weighted by Gasteiger charge is 2.56. The Morgan fingerprint density at radius 3 is 2.50 bits per heavy atom. The molecule has 3 aliphatic rings. The molecular weight excluding hydrogens is 382 g/mol. The zero-order valence-corrected chi connectivity index (χ0v) is 17.1. The summed E-state index contributed by atoms with van der Waals surface area (Å²) in [4.78, 5) is 39.0. The summed E-state index contributed by atoms with van der Waals surface area (Å²) in [5.74, 6) is -0.296. The van der Waals surface area contributed by atoms with E-state index < -0.39 is 21.4 Å². The van der Waals surface area contributed by atoms with Crippen LogP contribution in [0.2, 0.25) is 0 Å². The predicted octanol–water partition coefficient (Wildman–Crippen LogP) is 1.37. The second-order valence-corrected chi connectivity index (χ2v) is 10.7. The van der Waals surface area contributed by atoms with E-state index in [1.165, 1.54) is 0 Å². The van der Waals surface area contributed by atoms with Crippen LogP contribution in [0.1, 0.15) is 54.0 Å². The molecular formula is C19H25N3O5S. The molecule has 0 radical (unpaired) electrons. The average molecular weight is 407 g/mol. The summed E-state index contributed by atoms with van der Waals surface area (Å²) in [7, 11) is -3.05. The van der Waals surface area contributed by atoms with Gasteiger partial charge in [0, 0.05) is 23.0 Å². The highest BCUT2D eigenvalue weighted by atomic mass is 32.2. The number of aromatic nitrogens is 1. The molecule has 4 rings (SSSR count). The first-order chi connectivity index (χ1) is 13.0. The number of nitrogens with zero attached hydrogens (tertiary/aromatic N) is 2. The standard InChI is InChI=1S/C19H25N3O5S/c1-11-8-15(12(2)22(11)14-6-7-28(26,27)10-14)16(23)9-21-17(24)19(3,13-4-5-13)20-18(21)25/h8,13-14H,4-7,9-10H2,1-3H3,(H,20,25)/t14-,19-/m0/s1. The summed E-state index contributed by atoms with van der Waals surface area (Å²) in [6.45, 7) is 5.04. The summed E-state index contributed by atoms with van der Waals surface area (Å²) in [6, 6.07) is 1.02. The second kappa shape index (κ2) is 6.17. The first-order valence-electron chi connectivity index (χ1n) is 9.59. The Labute approximate surface area is 164 Å². The molecule has 3 fully saturated rings. The molecule has 2 saturated heterocycles. The van der Waals surface area contributed by atoms with Gasteiger partial charge < -0.3 is 9.88 Å². The van der Waals surface area contributed by atoms with Crippen LogP contribution in [0.15, 0.2) is 6.07 Å². The molecule has 1 saturated carbocycles. The van der Waals surface area contributed by atoms with Crippen molar-refractivity contribution in [3.05, 3.63) is 23.0 Å². The molecule has 1 aromatic rings. The second-order valence-electron chi connectivity index (χ2n) is 8.43. The van der Waals surface area contributed by atoms with Gasteiger partial charge in [-0.25, -0.2) is 13.2 Å². The number of sulfone groups is 1. The van der Waals surface area contributed by atoms with Crippen molar-refractivity contribution in [2.75, 3.05) is 18.1 Å². The van der Waals surface area contributed by atoms with E-state index in [0.29, 0.717) is 17.7 Å². The lowest BCUT2D eigenvalue weighted by Crippen LogP contribution is -2.46. The highest BCUT2D eigenvalue weighted by molar-refractivity contribution is 7.91. The molecule has 2 atom stereocenters. The minimum absolute atomic E-state index is 0.0732. The van der Waals surface area contributed by atoms with Crippen LogP contribution in [0, 0.1) is 19.8 Å². The van der Waals surface area contributed by atoms with Gasteiger partial charge >= 0.3 is 6.03 Å². The molecule has 2 aliphatic heterocycles. The van der Waals surface area contributed by atoms with Crippen molar-refractivity contribution in [3.63, 3.8) is 0 Å². The lowest BCUT2D eigenvalue weighted by molar-refractivity contribution is -0.131. The number of amides is 3. The van der Waals surface area contributed by atoms with Crippen molar-refractivity contribution in [2.45, 2.75) is 51.6 Å². The smallest absolute Gasteiger partial charge is 0.325 e. The first kappa shape index (κ1) is 19.2. The average Bonchev–Trinajstić information content (AvgIpc) is 3.30. The number of rotatable bonds is 5. The van der Waals surface area contributed by atoms with Crippen LogP contribution in [0.3, 0.4) is 0 Å². The maximum absolute atomic E-state index is 12.9. The third-order valence-electron chi connectivity index (χ3n) is 6.36. The van der Waals surface area contributed by atoms with Gasteiger partial charge in [-0.3, -0.25) is 14.5 Å². The van der Waals surface area contributed by atoms with E-state index in [9.17, 15) is 22.8 Å². The monoisotopic (exact) mass is 407 g/mol. The number of ketones is 1. The molecule has 0 spiro atoms. The van der Waals surface area contributed by atoms with Crippen molar-refractivity contribution in [2.24, 2.45) is 5.92 Å². The normalized spacial score (nSPS) is 29.4. The number of urea groups is 1. The van der Waals surface area contributed by atoms with Gasteiger partial charge in [0.1, 0.15) is 5.54 Å². The fourth-order valence-electron chi connectivity index (χ4n) is 4.63. The summed E-state index contributed by atoms with van der Waals surface area (Å²) in [6.07, 6.45) is 2.32. The molecule has 152 valence electrons. The molecule has 1 N–H and O–H groups in total. The summed E-state index contributed by atoms with van der Waals surface area (Å²) in [5, 5.41) is 2.75. The number of hydrogen-bond donors (Lipinski definition) is 1. The Bertz CT molecular complexity index is 991. The zero-order chi connectivity index (χ0) is 20.4. The van der Waals surface area contributed by atoms with Crippen molar-refractivity contribution in [1.82, 2.24) is 14.8 Å². The molecule has 1 aliphatic carbocycles. The van der Waals surface area contributed by atoms with Gasteiger partial charge in [-0.05, 0) is 52.0 Å². The quantitative estimate of drug-likeness (QED) is 0.586. The van der Waals surface area contributed by atoms with Crippen molar-refractivity contribution in [3.8, 4) is 0 Å². The van der Waals surface area contributed by atoms with Gasteiger partial charge in [-0.1, -0.05) is 0 Å². The molecule has 28 heavy (non-hydrogen) atoms. The first-order valence-corrected chi connectivity index (χ1v) is 11.4. The van der Waals surface area contributed by atoms with Crippen molar-refractivity contribution in [1.29, 1.82) is 0 Å². The molecule has 9 heteroatoms. The van der Waals surface area contributed by atoms with Gasteiger partial charge in [0.05, 0.1) is 18.1 Å². The third kappa shape index (κ3) is 2.96. The number of aryl methyl sites for hydroxylation is 1. The van der Waals surface area contributed by atoms with E-state index >= 15 is 0 Å². The van der Waals surface area contributed by atoms with E-state index in [0.717, 1.165) is 23.4 Å². The van der Waals surface area contributed by atoms with Crippen LogP contribution >= 0.6 is 0 Å². The molecule has 1 aromatic heterocycles. The third-order valence-corrected chi connectivity index (χ3v) is 8.11. The maximum atomic E-state index is 12.9. The zero-order valence-electron chi connectivity index (χ0n) is 16.3.